The molecule has 0 saturated carbocycles. The highest BCUT2D eigenvalue weighted by Gasteiger charge is 2.18. The van der Waals surface area contributed by atoms with Gasteiger partial charge < -0.3 is 14.8 Å². The summed E-state index contributed by atoms with van der Waals surface area (Å²) in [6, 6.07) is 13.6. The Balaban J connectivity index is 1.34. The number of carbonyl (C=O) groups excluding carboxylic acids is 1. The third-order valence-electron chi connectivity index (χ3n) is 5.53. The lowest BCUT2D eigenvalue weighted by Crippen LogP contribution is -2.38. The molecule has 11 heteroatoms. The Morgan fingerprint density at radius 3 is 2.79 bits per heavy atom. The highest BCUT2D eigenvalue weighted by Crippen LogP contribution is 2.19. The lowest BCUT2D eigenvalue weighted by molar-refractivity contribution is -0.384. The third-order valence-corrected chi connectivity index (χ3v) is 5.53. The molecule has 34 heavy (non-hydrogen) atoms. The van der Waals surface area contributed by atoms with E-state index < -0.39 is 4.92 Å². The van der Waals surface area contributed by atoms with E-state index in [1.807, 2.05) is 24.3 Å². The van der Waals surface area contributed by atoms with E-state index in [0.29, 0.717) is 24.5 Å². The van der Waals surface area contributed by atoms with Gasteiger partial charge in [0.1, 0.15) is 12.4 Å². The molecule has 4 rings (SSSR count). The van der Waals surface area contributed by atoms with Crippen LogP contribution in [0.5, 0.6) is 5.75 Å². The number of nitro benzene ring substituents is 1. The van der Waals surface area contributed by atoms with E-state index in [2.05, 4.69) is 20.5 Å². The Kier molecular flexibility index (Phi) is 7.45. The summed E-state index contributed by atoms with van der Waals surface area (Å²) >= 11 is 0. The number of hydrogen-bond donors (Lipinski definition) is 1. The quantitative estimate of drug-likeness (QED) is 0.376. The second-order valence-electron chi connectivity index (χ2n) is 7.84. The number of rotatable bonds is 9. The van der Waals surface area contributed by atoms with Gasteiger partial charge in [-0.25, -0.2) is 4.68 Å². The number of benzene rings is 2. The monoisotopic (exact) mass is 466 g/mol. The van der Waals surface area contributed by atoms with Crippen LogP contribution in [-0.4, -0.2) is 70.2 Å². The van der Waals surface area contributed by atoms with Gasteiger partial charge in [0, 0.05) is 38.3 Å². The molecule has 1 saturated heterocycles. The van der Waals surface area contributed by atoms with Crippen LogP contribution in [0.4, 0.5) is 5.69 Å². The smallest absolute Gasteiger partial charge is 0.274 e. The molecular weight excluding hydrogens is 440 g/mol. The van der Waals surface area contributed by atoms with Gasteiger partial charge >= 0.3 is 0 Å². The summed E-state index contributed by atoms with van der Waals surface area (Å²) in [5, 5.41) is 21.9. The molecule has 1 aromatic heterocycles. The average molecular weight is 466 g/mol. The first-order chi connectivity index (χ1) is 16.5. The minimum atomic E-state index is -0.482. The molecule has 1 fully saturated rings. The van der Waals surface area contributed by atoms with Crippen molar-refractivity contribution in [2.45, 2.75) is 13.5 Å². The van der Waals surface area contributed by atoms with Crippen molar-refractivity contribution in [1.82, 2.24) is 25.2 Å². The first-order valence-electron chi connectivity index (χ1n) is 11.0. The number of nitro groups is 1. The molecule has 2 heterocycles. The zero-order valence-electron chi connectivity index (χ0n) is 18.8. The number of non-ortho nitro benzene ring substituents is 1. The molecule has 0 radical (unpaired) electrons. The number of hydrogen-bond acceptors (Lipinski definition) is 8. The zero-order chi connectivity index (χ0) is 23.9. The minimum Gasteiger partial charge on any atom is -0.492 e. The molecule has 3 aromatic rings. The molecule has 178 valence electrons. The van der Waals surface area contributed by atoms with E-state index in [-0.39, 0.29) is 17.3 Å². The van der Waals surface area contributed by atoms with Crippen molar-refractivity contribution < 1.29 is 19.2 Å². The number of nitrogens with zero attached hydrogens (tertiary/aromatic N) is 5. The molecule has 1 amide bonds. The maximum Gasteiger partial charge on any atom is 0.274 e. The minimum absolute atomic E-state index is 0.0644. The topological polar surface area (TPSA) is 125 Å². The van der Waals surface area contributed by atoms with Crippen molar-refractivity contribution in [2.24, 2.45) is 0 Å². The molecule has 11 nitrogen and oxygen atoms in total. The highest BCUT2D eigenvalue weighted by molar-refractivity contribution is 5.93. The second-order valence-corrected chi connectivity index (χ2v) is 7.84. The van der Waals surface area contributed by atoms with E-state index >= 15 is 0 Å². The maximum atomic E-state index is 12.7. The van der Waals surface area contributed by atoms with Crippen LogP contribution in [0.1, 0.15) is 21.7 Å². The fraction of sp³-hybridized carbons (Fsp3) is 0.348. The summed E-state index contributed by atoms with van der Waals surface area (Å²) in [5.74, 6) is 0.362. The standard InChI is InChI=1S/C23H26N6O5/c1-17-22(25-26-28(17)19-5-3-6-20(15-19)29(31)32)23(30)24-16-18-4-2-7-21(14-18)34-13-10-27-8-11-33-12-9-27/h2-7,14-15H,8-13,16H2,1H3,(H,24,30). The van der Waals surface area contributed by atoms with Crippen LogP contribution in [0.25, 0.3) is 5.69 Å². The van der Waals surface area contributed by atoms with Crippen LogP contribution in [0, 0.1) is 17.0 Å². The van der Waals surface area contributed by atoms with E-state index in [1.165, 1.54) is 16.8 Å². The van der Waals surface area contributed by atoms with Gasteiger partial charge in [-0.2, -0.15) is 0 Å². The zero-order valence-corrected chi connectivity index (χ0v) is 18.8. The SMILES string of the molecule is Cc1c(C(=O)NCc2cccc(OCCN3CCOCC3)c2)nnn1-c1cccc([N+](=O)[O-])c1. The Hall–Kier alpha value is -3.83. The fourth-order valence-corrected chi connectivity index (χ4v) is 3.65. The first-order valence-corrected chi connectivity index (χ1v) is 11.0. The molecule has 0 aliphatic carbocycles. The van der Waals surface area contributed by atoms with Crippen molar-refractivity contribution in [2.75, 3.05) is 39.5 Å². The molecule has 0 unspecified atom stereocenters. The second kappa shape index (κ2) is 10.9. The summed E-state index contributed by atoms with van der Waals surface area (Å²) in [4.78, 5) is 25.6. The third kappa shape index (κ3) is 5.74. The molecule has 2 aromatic carbocycles. The lowest BCUT2D eigenvalue weighted by Gasteiger charge is -2.26. The molecule has 0 spiro atoms. The number of morpholine rings is 1. The van der Waals surface area contributed by atoms with Gasteiger partial charge in [-0.05, 0) is 30.7 Å². The number of amides is 1. The number of ether oxygens (including phenoxy) is 2. The van der Waals surface area contributed by atoms with Gasteiger partial charge in [-0.15, -0.1) is 5.10 Å². The van der Waals surface area contributed by atoms with Crippen molar-refractivity contribution in [1.29, 1.82) is 0 Å². The summed E-state index contributed by atoms with van der Waals surface area (Å²) in [5.41, 5.74) is 1.93. The Bertz CT molecular complexity index is 1160. The van der Waals surface area contributed by atoms with Crippen LogP contribution < -0.4 is 10.1 Å². The van der Waals surface area contributed by atoms with Gasteiger partial charge in [0.05, 0.1) is 29.5 Å². The Labute approximate surface area is 196 Å². The van der Waals surface area contributed by atoms with Crippen molar-refractivity contribution in [3.8, 4) is 11.4 Å². The van der Waals surface area contributed by atoms with Crippen LogP contribution >= 0.6 is 0 Å². The van der Waals surface area contributed by atoms with Crippen molar-refractivity contribution >= 4 is 11.6 Å². The van der Waals surface area contributed by atoms with Crippen LogP contribution in [0.15, 0.2) is 48.5 Å². The summed E-state index contributed by atoms with van der Waals surface area (Å²) in [6.07, 6.45) is 0. The average Bonchev–Trinajstić information content (AvgIpc) is 3.25. The first kappa shape index (κ1) is 23.3. The Morgan fingerprint density at radius 1 is 1.21 bits per heavy atom. The van der Waals surface area contributed by atoms with Gasteiger partial charge in [0.15, 0.2) is 5.69 Å². The van der Waals surface area contributed by atoms with E-state index in [0.717, 1.165) is 44.2 Å². The molecule has 1 N–H and O–H groups in total. The molecule has 0 bridgehead atoms. The van der Waals surface area contributed by atoms with Crippen molar-refractivity contribution in [3.63, 3.8) is 0 Å². The fourth-order valence-electron chi connectivity index (χ4n) is 3.65. The number of nitrogens with one attached hydrogen (secondary N) is 1. The van der Waals surface area contributed by atoms with Crippen molar-refractivity contribution in [3.05, 3.63) is 75.6 Å². The van der Waals surface area contributed by atoms with E-state index in [4.69, 9.17) is 9.47 Å². The predicted octanol–water partition coefficient (Wildman–Crippen LogP) is 2.12. The van der Waals surface area contributed by atoms with Gasteiger partial charge in [-0.1, -0.05) is 23.4 Å². The molecule has 1 aliphatic rings. The lowest BCUT2D eigenvalue weighted by atomic mass is 10.2. The maximum absolute atomic E-state index is 12.7. The van der Waals surface area contributed by atoms with Crippen LogP contribution in [0.3, 0.4) is 0 Å². The molecular formula is C23H26N6O5. The van der Waals surface area contributed by atoms with E-state index in [9.17, 15) is 14.9 Å². The van der Waals surface area contributed by atoms with Gasteiger partial charge in [-0.3, -0.25) is 19.8 Å². The summed E-state index contributed by atoms with van der Waals surface area (Å²) in [7, 11) is 0. The predicted molar refractivity (Wildman–Crippen MR) is 123 cm³/mol. The number of aromatic nitrogens is 3. The molecule has 1 aliphatic heterocycles. The summed E-state index contributed by atoms with van der Waals surface area (Å²) in [6.45, 7) is 6.75. The van der Waals surface area contributed by atoms with Gasteiger partial charge in [0.25, 0.3) is 11.6 Å². The van der Waals surface area contributed by atoms with Crippen LogP contribution in [0.2, 0.25) is 0 Å². The van der Waals surface area contributed by atoms with E-state index in [1.54, 1.807) is 19.1 Å². The number of carbonyl (C=O) groups is 1. The highest BCUT2D eigenvalue weighted by atomic mass is 16.6. The summed E-state index contributed by atoms with van der Waals surface area (Å²) < 4.78 is 12.6. The van der Waals surface area contributed by atoms with Crippen LogP contribution in [-0.2, 0) is 11.3 Å². The normalized spacial score (nSPS) is 14.0. The largest absolute Gasteiger partial charge is 0.492 e. The molecule has 0 atom stereocenters. The Morgan fingerprint density at radius 2 is 2.00 bits per heavy atom. The van der Waals surface area contributed by atoms with Gasteiger partial charge in [0.2, 0.25) is 0 Å².